The largest absolute Gasteiger partial charge is 0.385 e. The van der Waals surface area contributed by atoms with Crippen LogP contribution in [0, 0.1) is 0 Å². The van der Waals surface area contributed by atoms with Crippen LogP contribution in [0.2, 0.25) is 0 Å². The van der Waals surface area contributed by atoms with Gasteiger partial charge in [0.05, 0.1) is 0 Å². The molecule has 3 heteroatoms. The van der Waals surface area contributed by atoms with Gasteiger partial charge in [-0.1, -0.05) is 6.07 Å². The number of thiophene rings is 1. The number of methoxy groups -OCH3 is 1. The van der Waals surface area contributed by atoms with Crippen molar-refractivity contribution in [1.82, 2.24) is 5.32 Å². The van der Waals surface area contributed by atoms with Crippen LogP contribution in [0.5, 0.6) is 0 Å². The van der Waals surface area contributed by atoms with Gasteiger partial charge in [-0.25, -0.2) is 0 Å². The Labute approximate surface area is 77.6 Å². The van der Waals surface area contributed by atoms with Crippen molar-refractivity contribution >= 4 is 11.3 Å². The molecule has 0 fully saturated rings. The zero-order valence-corrected chi connectivity index (χ0v) is 8.36. The van der Waals surface area contributed by atoms with E-state index in [-0.39, 0.29) is 0 Å². The van der Waals surface area contributed by atoms with Gasteiger partial charge in [0.25, 0.3) is 0 Å². The molecule has 0 aromatic carbocycles. The molecule has 2 nitrogen and oxygen atoms in total. The van der Waals surface area contributed by atoms with Gasteiger partial charge >= 0.3 is 0 Å². The van der Waals surface area contributed by atoms with E-state index >= 15 is 0 Å². The van der Waals surface area contributed by atoms with Crippen molar-refractivity contribution in [2.45, 2.75) is 12.5 Å². The number of ether oxygens (including phenoxy) is 1. The summed E-state index contributed by atoms with van der Waals surface area (Å²) in [5.41, 5.74) is 0. The molecule has 1 N–H and O–H groups in total. The molecule has 0 aliphatic carbocycles. The normalized spacial score (nSPS) is 13.2. The van der Waals surface area contributed by atoms with Gasteiger partial charge in [0.2, 0.25) is 0 Å². The first-order chi connectivity index (χ1) is 5.88. The minimum Gasteiger partial charge on any atom is -0.385 e. The predicted molar refractivity (Wildman–Crippen MR) is 52.6 cm³/mol. The van der Waals surface area contributed by atoms with Crippen LogP contribution in [0.4, 0.5) is 0 Å². The smallest absolute Gasteiger partial charge is 0.0480 e. The Morgan fingerprint density at radius 1 is 1.67 bits per heavy atom. The van der Waals surface area contributed by atoms with Crippen LogP contribution >= 0.6 is 11.3 Å². The van der Waals surface area contributed by atoms with Crippen molar-refractivity contribution in [2.24, 2.45) is 0 Å². The lowest BCUT2D eigenvalue weighted by molar-refractivity contribution is 0.184. The topological polar surface area (TPSA) is 21.3 Å². The van der Waals surface area contributed by atoms with Gasteiger partial charge in [-0.3, -0.25) is 0 Å². The molecule has 0 amide bonds. The van der Waals surface area contributed by atoms with Gasteiger partial charge in [0, 0.05) is 24.6 Å². The second-order valence-corrected chi connectivity index (χ2v) is 3.62. The molecule has 0 spiro atoms. The molecule has 1 aromatic heterocycles. The van der Waals surface area contributed by atoms with Gasteiger partial charge in [0.1, 0.15) is 0 Å². The Balaban J connectivity index is 2.45. The van der Waals surface area contributed by atoms with Crippen LogP contribution in [0.15, 0.2) is 17.5 Å². The quantitative estimate of drug-likeness (QED) is 0.758. The average Bonchev–Trinajstić information content (AvgIpc) is 2.59. The van der Waals surface area contributed by atoms with Crippen molar-refractivity contribution in [3.63, 3.8) is 0 Å². The fourth-order valence-electron chi connectivity index (χ4n) is 1.15. The molecule has 1 unspecified atom stereocenters. The van der Waals surface area contributed by atoms with Crippen molar-refractivity contribution in [2.75, 3.05) is 20.8 Å². The van der Waals surface area contributed by atoms with Crippen LogP contribution in [0.25, 0.3) is 0 Å². The van der Waals surface area contributed by atoms with E-state index in [9.17, 15) is 0 Å². The second-order valence-electron chi connectivity index (χ2n) is 2.64. The Kier molecular flexibility index (Phi) is 4.29. The van der Waals surface area contributed by atoms with E-state index < -0.39 is 0 Å². The van der Waals surface area contributed by atoms with Gasteiger partial charge in [-0.2, -0.15) is 0 Å². The summed E-state index contributed by atoms with van der Waals surface area (Å²) in [4.78, 5) is 1.38. The Hall–Kier alpha value is -0.380. The summed E-state index contributed by atoms with van der Waals surface area (Å²) in [6, 6.07) is 4.68. The van der Waals surface area contributed by atoms with Crippen LogP contribution in [-0.2, 0) is 4.74 Å². The van der Waals surface area contributed by atoms with Crippen LogP contribution < -0.4 is 5.32 Å². The number of nitrogens with one attached hydrogen (secondary N) is 1. The first kappa shape index (κ1) is 9.71. The molecule has 0 saturated carbocycles. The van der Waals surface area contributed by atoms with Crippen molar-refractivity contribution in [3.8, 4) is 0 Å². The Bertz CT molecular complexity index is 198. The maximum Gasteiger partial charge on any atom is 0.0480 e. The van der Waals surface area contributed by atoms with Crippen LogP contribution in [0.1, 0.15) is 17.3 Å². The van der Waals surface area contributed by atoms with E-state index in [0.717, 1.165) is 13.0 Å². The molecule has 1 aromatic rings. The van der Waals surface area contributed by atoms with Crippen LogP contribution in [0.3, 0.4) is 0 Å². The highest BCUT2D eigenvalue weighted by Crippen LogP contribution is 2.21. The third kappa shape index (κ3) is 2.59. The lowest BCUT2D eigenvalue weighted by atomic mass is 10.2. The summed E-state index contributed by atoms with van der Waals surface area (Å²) >= 11 is 1.79. The summed E-state index contributed by atoms with van der Waals surface area (Å²) in [5.74, 6) is 0. The maximum atomic E-state index is 5.04. The predicted octanol–water partition coefficient (Wildman–Crippen LogP) is 2.05. The lowest BCUT2D eigenvalue weighted by Crippen LogP contribution is -2.16. The average molecular weight is 185 g/mol. The van der Waals surface area contributed by atoms with Crippen molar-refractivity contribution in [1.29, 1.82) is 0 Å². The minimum absolute atomic E-state index is 0.449. The Morgan fingerprint density at radius 3 is 3.00 bits per heavy atom. The fourth-order valence-corrected chi connectivity index (χ4v) is 2.03. The van der Waals surface area contributed by atoms with E-state index in [2.05, 4.69) is 22.8 Å². The molecule has 0 aliphatic rings. The zero-order chi connectivity index (χ0) is 8.81. The molecular formula is C9H15NOS. The summed E-state index contributed by atoms with van der Waals surface area (Å²) in [6.07, 6.45) is 1.04. The summed E-state index contributed by atoms with van der Waals surface area (Å²) in [6.45, 7) is 0.809. The monoisotopic (exact) mass is 185 g/mol. The maximum absolute atomic E-state index is 5.04. The summed E-state index contributed by atoms with van der Waals surface area (Å²) in [7, 11) is 3.72. The standard InChI is InChI=1S/C9H15NOS/c1-10-8(5-6-11-2)9-4-3-7-12-9/h3-4,7-8,10H,5-6H2,1-2H3. The molecule has 68 valence electrons. The molecule has 1 rings (SSSR count). The first-order valence-electron chi connectivity index (χ1n) is 4.08. The molecule has 1 atom stereocenters. The second kappa shape index (κ2) is 5.30. The molecule has 0 aliphatic heterocycles. The highest BCUT2D eigenvalue weighted by molar-refractivity contribution is 7.10. The summed E-state index contributed by atoms with van der Waals surface area (Å²) in [5, 5.41) is 5.37. The third-order valence-electron chi connectivity index (χ3n) is 1.85. The Morgan fingerprint density at radius 2 is 2.50 bits per heavy atom. The molecule has 0 bridgehead atoms. The molecular weight excluding hydrogens is 170 g/mol. The van der Waals surface area contributed by atoms with Gasteiger partial charge < -0.3 is 10.1 Å². The highest BCUT2D eigenvalue weighted by Gasteiger charge is 2.08. The fraction of sp³-hybridized carbons (Fsp3) is 0.556. The van der Waals surface area contributed by atoms with Crippen LogP contribution in [-0.4, -0.2) is 20.8 Å². The number of hydrogen-bond acceptors (Lipinski definition) is 3. The van der Waals surface area contributed by atoms with E-state index in [0.29, 0.717) is 6.04 Å². The van der Waals surface area contributed by atoms with Gasteiger partial charge in [-0.05, 0) is 24.9 Å². The third-order valence-corrected chi connectivity index (χ3v) is 2.83. The molecule has 1 heterocycles. The first-order valence-corrected chi connectivity index (χ1v) is 4.96. The number of hydrogen-bond donors (Lipinski definition) is 1. The molecule has 0 saturated heterocycles. The molecule has 0 radical (unpaired) electrons. The van der Waals surface area contributed by atoms with Gasteiger partial charge in [-0.15, -0.1) is 11.3 Å². The lowest BCUT2D eigenvalue weighted by Gasteiger charge is -2.13. The SMILES string of the molecule is CNC(CCOC)c1cccs1. The van der Waals surface area contributed by atoms with E-state index in [1.807, 2.05) is 7.05 Å². The molecule has 12 heavy (non-hydrogen) atoms. The van der Waals surface area contributed by atoms with E-state index in [1.54, 1.807) is 18.4 Å². The summed E-state index contributed by atoms with van der Waals surface area (Å²) < 4.78 is 5.04. The minimum atomic E-state index is 0.449. The van der Waals surface area contributed by atoms with Crippen molar-refractivity contribution in [3.05, 3.63) is 22.4 Å². The van der Waals surface area contributed by atoms with Crippen molar-refractivity contribution < 1.29 is 4.74 Å². The van der Waals surface area contributed by atoms with E-state index in [1.165, 1.54) is 4.88 Å². The van der Waals surface area contributed by atoms with E-state index in [4.69, 9.17) is 4.74 Å². The highest BCUT2D eigenvalue weighted by atomic mass is 32.1. The van der Waals surface area contributed by atoms with Gasteiger partial charge in [0.15, 0.2) is 0 Å². The number of rotatable bonds is 5. The zero-order valence-electron chi connectivity index (χ0n) is 7.54.